The lowest BCUT2D eigenvalue weighted by Crippen LogP contribution is -2.25. The molecule has 1 aromatic carbocycles. The van der Waals surface area contributed by atoms with Crippen molar-refractivity contribution in [3.63, 3.8) is 0 Å². The molecule has 0 bridgehead atoms. The predicted molar refractivity (Wildman–Crippen MR) is 79.1 cm³/mol. The number of halogens is 2. The number of likely N-dealkylation sites (N-methyl/N-ethyl adjacent to an activating group) is 1. The molecule has 0 aliphatic heterocycles. The van der Waals surface area contributed by atoms with Crippen molar-refractivity contribution in [1.29, 1.82) is 0 Å². The minimum absolute atomic E-state index is 0.138. The Hall–Kier alpha value is -1.37. The van der Waals surface area contributed by atoms with Gasteiger partial charge in [0.05, 0.1) is 18.2 Å². The molecule has 21 heavy (non-hydrogen) atoms. The Labute approximate surface area is 126 Å². The van der Waals surface area contributed by atoms with Crippen LogP contribution < -0.4 is 0 Å². The summed E-state index contributed by atoms with van der Waals surface area (Å²) in [6.07, 6.45) is 1.56. The summed E-state index contributed by atoms with van der Waals surface area (Å²) in [4.78, 5) is 7.28. The Morgan fingerprint density at radius 2 is 2.00 bits per heavy atom. The Morgan fingerprint density at radius 3 is 2.57 bits per heavy atom. The number of aromatic nitrogens is 1. The number of thiazole rings is 1. The van der Waals surface area contributed by atoms with Crippen LogP contribution in [0.5, 0.6) is 0 Å². The third-order valence-electron chi connectivity index (χ3n) is 3.17. The second kappa shape index (κ2) is 7.06. The summed E-state index contributed by atoms with van der Waals surface area (Å²) in [7, 11) is 1.79. The fraction of sp³-hybridized carbons (Fsp3) is 0.400. The predicted octanol–water partition coefficient (Wildman–Crippen LogP) is 3.15. The van der Waals surface area contributed by atoms with E-state index in [2.05, 4.69) is 11.9 Å². The number of hydrogen-bond donors (Lipinski definition) is 1. The van der Waals surface area contributed by atoms with Crippen LogP contribution in [-0.4, -0.2) is 28.6 Å². The van der Waals surface area contributed by atoms with Crippen LogP contribution in [0.1, 0.15) is 28.5 Å². The van der Waals surface area contributed by atoms with E-state index in [1.54, 1.807) is 23.3 Å². The van der Waals surface area contributed by atoms with E-state index < -0.39 is 17.7 Å². The molecule has 0 amide bonds. The van der Waals surface area contributed by atoms with Gasteiger partial charge in [0.2, 0.25) is 0 Å². The van der Waals surface area contributed by atoms with Crippen molar-refractivity contribution in [2.24, 2.45) is 0 Å². The first-order valence-corrected chi connectivity index (χ1v) is 7.57. The van der Waals surface area contributed by atoms with Crippen molar-refractivity contribution in [3.05, 3.63) is 51.5 Å². The summed E-state index contributed by atoms with van der Waals surface area (Å²) >= 11 is 1.61. The monoisotopic (exact) mass is 312 g/mol. The van der Waals surface area contributed by atoms with Gasteiger partial charge in [-0.1, -0.05) is 13.0 Å². The molecule has 0 aliphatic carbocycles. The highest BCUT2D eigenvalue weighted by Crippen LogP contribution is 2.22. The number of hydrogen-bond acceptors (Lipinski definition) is 4. The zero-order chi connectivity index (χ0) is 15.4. The summed E-state index contributed by atoms with van der Waals surface area (Å²) in [5.41, 5.74) is -0.280. The topological polar surface area (TPSA) is 36.4 Å². The van der Waals surface area contributed by atoms with Crippen LogP contribution in [0.4, 0.5) is 8.78 Å². The lowest BCUT2D eigenvalue weighted by molar-refractivity contribution is 0.117. The van der Waals surface area contributed by atoms with Crippen LogP contribution in [0.25, 0.3) is 0 Å². The van der Waals surface area contributed by atoms with E-state index in [0.29, 0.717) is 6.54 Å². The summed E-state index contributed by atoms with van der Waals surface area (Å²) < 4.78 is 27.2. The molecule has 0 saturated heterocycles. The standard InChI is InChI=1S/C15H18F2N2OS/c1-3-10-7-18-14(21-10)9-19(2)8-13(20)15-11(16)5-4-6-12(15)17/h4-7,13,20H,3,8-9H2,1-2H3. The molecular formula is C15H18F2N2OS. The van der Waals surface area contributed by atoms with Gasteiger partial charge in [-0.15, -0.1) is 11.3 Å². The van der Waals surface area contributed by atoms with Crippen LogP contribution in [0.2, 0.25) is 0 Å². The molecule has 114 valence electrons. The highest BCUT2D eigenvalue weighted by atomic mass is 32.1. The quantitative estimate of drug-likeness (QED) is 0.890. The number of aryl methyl sites for hydroxylation is 1. The molecular weight excluding hydrogens is 294 g/mol. The van der Waals surface area contributed by atoms with E-state index in [1.165, 1.54) is 10.9 Å². The third kappa shape index (κ3) is 4.06. The molecule has 0 fully saturated rings. The highest BCUT2D eigenvalue weighted by molar-refractivity contribution is 7.11. The molecule has 2 rings (SSSR count). The molecule has 0 saturated carbocycles. The largest absolute Gasteiger partial charge is 0.387 e. The number of aliphatic hydroxyl groups is 1. The first-order chi connectivity index (χ1) is 10.0. The van der Waals surface area contributed by atoms with Gasteiger partial charge in [0, 0.05) is 17.6 Å². The SMILES string of the molecule is CCc1cnc(CN(C)CC(O)c2c(F)cccc2F)s1. The zero-order valence-electron chi connectivity index (χ0n) is 12.0. The van der Waals surface area contributed by atoms with E-state index in [4.69, 9.17) is 0 Å². The van der Waals surface area contributed by atoms with E-state index in [0.717, 1.165) is 23.6 Å². The molecule has 1 aromatic heterocycles. The van der Waals surface area contributed by atoms with Crippen molar-refractivity contribution >= 4 is 11.3 Å². The van der Waals surface area contributed by atoms with Crippen LogP contribution in [0, 0.1) is 11.6 Å². The van der Waals surface area contributed by atoms with E-state index in [9.17, 15) is 13.9 Å². The van der Waals surface area contributed by atoms with E-state index >= 15 is 0 Å². The summed E-state index contributed by atoms with van der Waals surface area (Å²) in [5, 5.41) is 11.0. The molecule has 0 aliphatic rings. The van der Waals surface area contributed by atoms with Crippen molar-refractivity contribution in [2.75, 3.05) is 13.6 Å². The molecule has 1 atom stereocenters. The van der Waals surface area contributed by atoms with Gasteiger partial charge in [-0.25, -0.2) is 13.8 Å². The maximum Gasteiger partial charge on any atom is 0.131 e. The second-order valence-corrected chi connectivity index (χ2v) is 6.12. The lowest BCUT2D eigenvalue weighted by atomic mass is 10.1. The van der Waals surface area contributed by atoms with Crippen molar-refractivity contribution < 1.29 is 13.9 Å². The average Bonchev–Trinajstić information content (AvgIpc) is 2.85. The van der Waals surface area contributed by atoms with Gasteiger partial charge in [0.25, 0.3) is 0 Å². The lowest BCUT2D eigenvalue weighted by Gasteiger charge is -2.20. The van der Waals surface area contributed by atoms with Crippen molar-refractivity contribution in [1.82, 2.24) is 9.88 Å². The average molecular weight is 312 g/mol. The Morgan fingerprint density at radius 1 is 1.33 bits per heavy atom. The fourth-order valence-electron chi connectivity index (χ4n) is 2.10. The maximum absolute atomic E-state index is 13.6. The molecule has 3 nitrogen and oxygen atoms in total. The van der Waals surface area contributed by atoms with Crippen molar-refractivity contribution in [3.8, 4) is 0 Å². The fourth-order valence-corrected chi connectivity index (χ4v) is 3.04. The summed E-state index contributed by atoms with van der Waals surface area (Å²) in [6.45, 7) is 2.74. The van der Waals surface area contributed by atoms with E-state index in [-0.39, 0.29) is 12.1 Å². The first-order valence-electron chi connectivity index (χ1n) is 6.75. The Balaban J connectivity index is 2.00. The minimum Gasteiger partial charge on any atom is -0.387 e. The number of nitrogens with zero attached hydrogens (tertiary/aromatic N) is 2. The first kappa shape index (κ1) is 16.0. The normalized spacial score (nSPS) is 12.9. The molecule has 6 heteroatoms. The van der Waals surface area contributed by atoms with Crippen LogP contribution in [0.3, 0.4) is 0 Å². The van der Waals surface area contributed by atoms with E-state index in [1.807, 2.05) is 6.20 Å². The van der Waals surface area contributed by atoms with Gasteiger partial charge in [0.15, 0.2) is 0 Å². The van der Waals surface area contributed by atoms with Gasteiger partial charge < -0.3 is 5.11 Å². The van der Waals surface area contributed by atoms with Gasteiger partial charge >= 0.3 is 0 Å². The Bertz CT molecular complexity index is 583. The summed E-state index contributed by atoms with van der Waals surface area (Å²) in [5.74, 6) is -1.45. The van der Waals surface area contributed by atoms with Crippen molar-refractivity contribution in [2.45, 2.75) is 26.0 Å². The highest BCUT2D eigenvalue weighted by Gasteiger charge is 2.19. The van der Waals surface area contributed by atoms with Crippen LogP contribution >= 0.6 is 11.3 Å². The molecule has 2 aromatic rings. The number of rotatable bonds is 6. The maximum atomic E-state index is 13.6. The van der Waals surface area contributed by atoms with Gasteiger partial charge in [-0.2, -0.15) is 0 Å². The van der Waals surface area contributed by atoms with Gasteiger partial charge in [0.1, 0.15) is 16.6 Å². The van der Waals surface area contributed by atoms with Gasteiger partial charge in [-0.3, -0.25) is 4.90 Å². The Kier molecular flexibility index (Phi) is 5.39. The van der Waals surface area contributed by atoms with Crippen LogP contribution in [-0.2, 0) is 13.0 Å². The molecule has 0 radical (unpaired) electrons. The van der Waals surface area contributed by atoms with Crippen LogP contribution in [0.15, 0.2) is 24.4 Å². The third-order valence-corrected chi connectivity index (χ3v) is 4.30. The molecule has 1 unspecified atom stereocenters. The molecule has 1 N–H and O–H groups in total. The number of benzene rings is 1. The second-order valence-electron chi connectivity index (χ2n) is 4.92. The van der Waals surface area contributed by atoms with Gasteiger partial charge in [-0.05, 0) is 25.6 Å². The smallest absolute Gasteiger partial charge is 0.131 e. The minimum atomic E-state index is -1.21. The molecule has 1 heterocycles. The number of aliphatic hydroxyl groups excluding tert-OH is 1. The summed E-state index contributed by atoms with van der Waals surface area (Å²) in [6, 6.07) is 3.58. The molecule has 0 spiro atoms. The zero-order valence-corrected chi connectivity index (χ0v) is 12.8.